The normalized spacial score (nSPS) is 11.9. The fourth-order valence-corrected chi connectivity index (χ4v) is 5.32. The third-order valence-electron chi connectivity index (χ3n) is 5.92. The Balaban J connectivity index is 2.00. The first-order valence-electron chi connectivity index (χ1n) is 12.0. The first kappa shape index (κ1) is 27.7. The van der Waals surface area contributed by atoms with E-state index in [1.54, 1.807) is 56.3 Å². The van der Waals surface area contributed by atoms with Crippen molar-refractivity contribution in [3.8, 4) is 5.75 Å². The topological polar surface area (TPSA) is 96.0 Å². The van der Waals surface area contributed by atoms with E-state index in [0.717, 1.165) is 15.4 Å². The minimum Gasteiger partial charge on any atom is -0.497 e. The molecule has 0 aliphatic heterocycles. The van der Waals surface area contributed by atoms with Crippen molar-refractivity contribution >= 4 is 27.5 Å². The van der Waals surface area contributed by atoms with E-state index in [0.29, 0.717) is 18.0 Å². The Morgan fingerprint density at radius 1 is 0.973 bits per heavy atom. The summed E-state index contributed by atoms with van der Waals surface area (Å²) in [6.07, 6.45) is 0. The smallest absolute Gasteiger partial charge is 0.264 e. The monoisotopic (exact) mass is 523 g/mol. The van der Waals surface area contributed by atoms with Gasteiger partial charge in [0, 0.05) is 13.1 Å². The van der Waals surface area contributed by atoms with Crippen LogP contribution in [0, 0.1) is 6.92 Å². The summed E-state index contributed by atoms with van der Waals surface area (Å²) in [5, 5.41) is 2.75. The van der Waals surface area contributed by atoms with E-state index in [9.17, 15) is 18.0 Å². The maximum Gasteiger partial charge on any atom is 0.264 e. The second-order valence-corrected chi connectivity index (χ2v) is 10.5. The molecule has 3 aromatic rings. The molecule has 0 aromatic heterocycles. The third-order valence-corrected chi connectivity index (χ3v) is 7.71. The molecule has 37 heavy (non-hydrogen) atoms. The molecule has 0 bridgehead atoms. The van der Waals surface area contributed by atoms with Crippen LogP contribution in [0.25, 0.3) is 0 Å². The predicted molar refractivity (Wildman–Crippen MR) is 144 cm³/mol. The number of aryl methyl sites for hydroxylation is 1. The lowest BCUT2D eigenvalue weighted by Crippen LogP contribution is -2.51. The molecule has 2 amide bonds. The summed E-state index contributed by atoms with van der Waals surface area (Å²) in [5.74, 6) is -0.296. The van der Waals surface area contributed by atoms with Crippen LogP contribution < -0.4 is 14.4 Å². The number of anilines is 1. The maximum atomic E-state index is 13.8. The van der Waals surface area contributed by atoms with Gasteiger partial charge in [0.25, 0.3) is 10.0 Å². The number of methoxy groups -OCH3 is 1. The Kier molecular flexibility index (Phi) is 9.30. The predicted octanol–water partition coefficient (Wildman–Crippen LogP) is 3.75. The molecule has 0 radical (unpaired) electrons. The van der Waals surface area contributed by atoms with Crippen molar-refractivity contribution in [2.24, 2.45) is 0 Å². The van der Waals surface area contributed by atoms with E-state index < -0.39 is 28.5 Å². The van der Waals surface area contributed by atoms with Gasteiger partial charge in [-0.05, 0) is 62.7 Å². The molecule has 3 aromatic carbocycles. The van der Waals surface area contributed by atoms with Gasteiger partial charge in [-0.3, -0.25) is 13.9 Å². The number of rotatable bonds is 11. The van der Waals surface area contributed by atoms with Crippen molar-refractivity contribution in [3.63, 3.8) is 0 Å². The SMILES string of the molecule is CCNC(=O)[C@H](C)N(Cc1cccc(C)c1)C(=O)CN(c1ccccc1)S(=O)(=O)c1ccc(OC)cc1. The number of hydrogen-bond acceptors (Lipinski definition) is 5. The lowest BCUT2D eigenvalue weighted by molar-refractivity contribution is -0.139. The van der Waals surface area contributed by atoms with Crippen LogP contribution in [0.3, 0.4) is 0 Å². The van der Waals surface area contributed by atoms with Gasteiger partial charge in [-0.2, -0.15) is 0 Å². The number of hydrogen-bond donors (Lipinski definition) is 1. The summed E-state index contributed by atoms with van der Waals surface area (Å²) in [5.41, 5.74) is 2.20. The van der Waals surface area contributed by atoms with Crippen LogP contribution in [0.1, 0.15) is 25.0 Å². The Hall–Kier alpha value is -3.85. The molecule has 0 spiro atoms. The lowest BCUT2D eigenvalue weighted by Gasteiger charge is -2.32. The number of para-hydroxylation sites is 1. The highest BCUT2D eigenvalue weighted by atomic mass is 32.2. The number of amides is 2. The molecule has 0 saturated heterocycles. The number of benzene rings is 3. The minimum absolute atomic E-state index is 0.0203. The van der Waals surface area contributed by atoms with E-state index in [2.05, 4.69) is 5.32 Å². The summed E-state index contributed by atoms with van der Waals surface area (Å²) < 4.78 is 33.7. The highest BCUT2D eigenvalue weighted by molar-refractivity contribution is 7.92. The standard InChI is InChI=1S/C28H33N3O5S/c1-5-29-28(33)22(3)30(19-23-11-9-10-21(2)18-23)27(32)20-31(24-12-7-6-8-13-24)37(34,35)26-16-14-25(36-4)15-17-26/h6-18,22H,5,19-20H2,1-4H3,(H,29,33)/t22-/m0/s1. The summed E-state index contributed by atoms with van der Waals surface area (Å²) in [4.78, 5) is 27.9. The van der Waals surface area contributed by atoms with Gasteiger partial charge in [0.05, 0.1) is 17.7 Å². The van der Waals surface area contributed by atoms with Gasteiger partial charge in [0.1, 0.15) is 18.3 Å². The molecule has 0 saturated carbocycles. The van der Waals surface area contributed by atoms with Crippen LogP contribution in [0.4, 0.5) is 5.69 Å². The first-order valence-corrected chi connectivity index (χ1v) is 13.5. The van der Waals surface area contributed by atoms with Crippen LogP contribution >= 0.6 is 0 Å². The second kappa shape index (κ2) is 12.4. The number of carbonyl (C=O) groups is 2. The van der Waals surface area contributed by atoms with Gasteiger partial charge in [0.2, 0.25) is 11.8 Å². The Bertz CT molecular complexity index is 1310. The van der Waals surface area contributed by atoms with E-state index in [-0.39, 0.29) is 17.3 Å². The van der Waals surface area contributed by atoms with Crippen molar-refractivity contribution in [3.05, 3.63) is 90.0 Å². The van der Waals surface area contributed by atoms with Gasteiger partial charge in [-0.1, -0.05) is 48.0 Å². The molecule has 9 heteroatoms. The lowest BCUT2D eigenvalue weighted by atomic mass is 10.1. The average molecular weight is 524 g/mol. The first-order chi connectivity index (χ1) is 17.7. The molecule has 3 rings (SSSR count). The fourth-order valence-electron chi connectivity index (χ4n) is 3.91. The quantitative estimate of drug-likeness (QED) is 0.413. The van der Waals surface area contributed by atoms with Gasteiger partial charge >= 0.3 is 0 Å². The van der Waals surface area contributed by atoms with Crippen molar-refractivity contribution in [1.29, 1.82) is 0 Å². The average Bonchev–Trinajstić information content (AvgIpc) is 2.90. The molecule has 8 nitrogen and oxygen atoms in total. The summed E-state index contributed by atoms with van der Waals surface area (Å²) >= 11 is 0. The Morgan fingerprint density at radius 3 is 2.24 bits per heavy atom. The van der Waals surface area contributed by atoms with Crippen LogP contribution in [0.15, 0.2) is 83.8 Å². The van der Waals surface area contributed by atoms with Crippen LogP contribution in [-0.2, 0) is 26.2 Å². The number of ether oxygens (including phenoxy) is 1. The van der Waals surface area contributed by atoms with E-state index in [4.69, 9.17) is 4.74 Å². The van der Waals surface area contributed by atoms with Crippen LogP contribution in [0.2, 0.25) is 0 Å². The summed E-state index contributed by atoms with van der Waals surface area (Å²) in [6, 6.07) is 21.3. The zero-order valence-corrected chi connectivity index (χ0v) is 22.4. The molecule has 0 unspecified atom stereocenters. The third kappa shape index (κ3) is 6.89. The number of nitrogens with zero attached hydrogens (tertiary/aromatic N) is 2. The van der Waals surface area contributed by atoms with Crippen LogP contribution in [-0.4, -0.2) is 51.4 Å². The Labute approximate surface area is 218 Å². The number of sulfonamides is 1. The molecule has 0 fully saturated rings. The van der Waals surface area contributed by atoms with Crippen LogP contribution in [0.5, 0.6) is 5.75 Å². The molecule has 0 aliphatic rings. The molecule has 196 valence electrons. The second-order valence-electron chi connectivity index (χ2n) is 8.60. The highest BCUT2D eigenvalue weighted by Gasteiger charge is 2.32. The summed E-state index contributed by atoms with van der Waals surface area (Å²) in [6.45, 7) is 5.48. The van der Waals surface area contributed by atoms with E-state index in [1.807, 2.05) is 31.2 Å². The van der Waals surface area contributed by atoms with Crippen molar-refractivity contribution in [2.45, 2.75) is 38.3 Å². The zero-order valence-electron chi connectivity index (χ0n) is 21.5. The molecule has 1 atom stereocenters. The van der Waals surface area contributed by atoms with Crippen molar-refractivity contribution in [1.82, 2.24) is 10.2 Å². The van der Waals surface area contributed by atoms with Gasteiger partial charge in [-0.15, -0.1) is 0 Å². The minimum atomic E-state index is -4.11. The largest absolute Gasteiger partial charge is 0.497 e. The Morgan fingerprint density at radius 2 is 1.65 bits per heavy atom. The molecule has 0 aliphatic carbocycles. The summed E-state index contributed by atoms with van der Waals surface area (Å²) in [7, 11) is -2.62. The number of likely N-dealkylation sites (N-methyl/N-ethyl adjacent to an activating group) is 1. The maximum absolute atomic E-state index is 13.8. The molecular formula is C28H33N3O5S. The highest BCUT2D eigenvalue weighted by Crippen LogP contribution is 2.25. The molecule has 1 N–H and O–H groups in total. The van der Waals surface area contributed by atoms with Crippen molar-refractivity contribution < 1.29 is 22.7 Å². The van der Waals surface area contributed by atoms with Gasteiger partial charge in [-0.25, -0.2) is 8.42 Å². The zero-order chi connectivity index (χ0) is 27.0. The van der Waals surface area contributed by atoms with E-state index in [1.165, 1.54) is 24.1 Å². The van der Waals surface area contributed by atoms with Gasteiger partial charge < -0.3 is 15.0 Å². The molecular weight excluding hydrogens is 490 g/mol. The number of carbonyl (C=O) groups excluding carboxylic acids is 2. The van der Waals surface area contributed by atoms with E-state index >= 15 is 0 Å². The van der Waals surface area contributed by atoms with Crippen molar-refractivity contribution in [2.75, 3.05) is 24.5 Å². The number of nitrogens with one attached hydrogen (secondary N) is 1. The molecule has 0 heterocycles. The van der Waals surface area contributed by atoms with Gasteiger partial charge in [0.15, 0.2) is 0 Å². The fraction of sp³-hybridized carbons (Fsp3) is 0.286.